The number of Topliss-reactive ketones (excluding diaryl/α,β-unsaturated/α-hetero) is 2. The summed E-state index contributed by atoms with van der Waals surface area (Å²) in [4.78, 5) is 23.2. The number of ether oxygens (including phenoxy) is 1. The highest BCUT2D eigenvalue weighted by atomic mass is 35.5. The van der Waals surface area contributed by atoms with E-state index in [0.717, 1.165) is 0 Å². The van der Waals surface area contributed by atoms with Gasteiger partial charge < -0.3 is 4.74 Å². The molecular formula is C13H15ClO3. The molecule has 0 radical (unpaired) electrons. The van der Waals surface area contributed by atoms with E-state index in [0.29, 0.717) is 16.3 Å². The second kappa shape index (κ2) is 5.82. The van der Waals surface area contributed by atoms with Crippen molar-refractivity contribution in [3.8, 4) is 5.75 Å². The predicted molar refractivity (Wildman–Crippen MR) is 66.6 cm³/mol. The lowest BCUT2D eigenvalue weighted by atomic mass is 9.99. The summed E-state index contributed by atoms with van der Waals surface area (Å²) in [7, 11) is 1.52. The quantitative estimate of drug-likeness (QED) is 0.759. The van der Waals surface area contributed by atoms with Gasteiger partial charge in [-0.15, -0.1) is 0 Å². The summed E-state index contributed by atoms with van der Waals surface area (Å²) >= 11 is 5.85. The number of halogens is 1. The Kier molecular flexibility index (Phi) is 4.70. The van der Waals surface area contributed by atoms with Crippen LogP contribution in [0.25, 0.3) is 0 Å². The van der Waals surface area contributed by atoms with Crippen LogP contribution in [0.3, 0.4) is 0 Å². The predicted octanol–water partition coefficient (Wildman–Crippen LogP) is 2.69. The molecule has 0 aromatic heterocycles. The molecule has 1 aromatic rings. The minimum absolute atomic E-state index is 0.0285. The van der Waals surface area contributed by atoms with Gasteiger partial charge in [0, 0.05) is 22.9 Å². The Hall–Kier alpha value is -1.35. The van der Waals surface area contributed by atoms with E-state index in [1.165, 1.54) is 7.11 Å². The number of benzene rings is 1. The van der Waals surface area contributed by atoms with Gasteiger partial charge in [0.15, 0.2) is 0 Å². The zero-order valence-electron chi connectivity index (χ0n) is 10.1. The standard InChI is InChI=1S/C13H15ClO3/c1-8(2)13(16)11(15)7-9-6-10(14)4-5-12(9)17-3/h4-6,8H,7H2,1-3H3. The summed E-state index contributed by atoms with van der Waals surface area (Å²) in [5.74, 6) is -0.500. The summed E-state index contributed by atoms with van der Waals surface area (Å²) in [5, 5.41) is 0.519. The Morgan fingerprint density at radius 2 is 2.00 bits per heavy atom. The van der Waals surface area contributed by atoms with Gasteiger partial charge in [-0.25, -0.2) is 0 Å². The molecule has 0 saturated heterocycles. The normalized spacial score (nSPS) is 10.4. The number of carbonyl (C=O) groups excluding carboxylic acids is 2. The number of rotatable bonds is 5. The van der Waals surface area contributed by atoms with Gasteiger partial charge in [0.25, 0.3) is 0 Å². The first-order valence-corrected chi connectivity index (χ1v) is 5.73. The SMILES string of the molecule is COc1ccc(Cl)cc1CC(=O)C(=O)C(C)C. The second-order valence-electron chi connectivity index (χ2n) is 4.08. The largest absolute Gasteiger partial charge is 0.496 e. The maximum atomic E-state index is 11.7. The summed E-state index contributed by atoms with van der Waals surface area (Å²) in [6.07, 6.45) is 0.0285. The van der Waals surface area contributed by atoms with Crippen molar-refractivity contribution in [2.45, 2.75) is 20.3 Å². The van der Waals surface area contributed by atoms with Crippen molar-refractivity contribution in [1.82, 2.24) is 0 Å². The van der Waals surface area contributed by atoms with Crippen molar-refractivity contribution in [1.29, 1.82) is 0 Å². The van der Waals surface area contributed by atoms with E-state index in [4.69, 9.17) is 16.3 Å². The van der Waals surface area contributed by atoms with Gasteiger partial charge in [-0.1, -0.05) is 25.4 Å². The summed E-state index contributed by atoms with van der Waals surface area (Å²) < 4.78 is 5.12. The van der Waals surface area contributed by atoms with Crippen molar-refractivity contribution < 1.29 is 14.3 Å². The van der Waals surface area contributed by atoms with Crippen LogP contribution in [-0.4, -0.2) is 18.7 Å². The van der Waals surface area contributed by atoms with Gasteiger partial charge in [0.05, 0.1) is 7.11 Å². The van der Waals surface area contributed by atoms with Gasteiger partial charge in [0.1, 0.15) is 5.75 Å². The molecule has 0 fully saturated rings. The van der Waals surface area contributed by atoms with Gasteiger partial charge in [0.2, 0.25) is 11.6 Å². The lowest BCUT2D eigenvalue weighted by molar-refractivity contribution is -0.138. The van der Waals surface area contributed by atoms with E-state index in [1.807, 2.05) is 0 Å². The molecule has 3 nitrogen and oxygen atoms in total. The molecule has 17 heavy (non-hydrogen) atoms. The highest BCUT2D eigenvalue weighted by molar-refractivity contribution is 6.38. The van der Waals surface area contributed by atoms with Crippen LogP contribution in [0.2, 0.25) is 5.02 Å². The molecule has 0 unspecified atom stereocenters. The van der Waals surface area contributed by atoms with Crippen LogP contribution < -0.4 is 4.74 Å². The van der Waals surface area contributed by atoms with Crippen LogP contribution in [0, 0.1) is 5.92 Å². The molecule has 4 heteroatoms. The van der Waals surface area contributed by atoms with E-state index in [9.17, 15) is 9.59 Å². The zero-order valence-corrected chi connectivity index (χ0v) is 10.9. The first kappa shape index (κ1) is 13.7. The average molecular weight is 255 g/mol. The summed E-state index contributed by atoms with van der Waals surface area (Å²) in [5.41, 5.74) is 0.638. The van der Waals surface area contributed by atoms with Crippen LogP contribution in [0.5, 0.6) is 5.75 Å². The van der Waals surface area contributed by atoms with Crippen LogP contribution in [-0.2, 0) is 16.0 Å². The number of methoxy groups -OCH3 is 1. The van der Waals surface area contributed by atoms with Crippen LogP contribution in [0.4, 0.5) is 0 Å². The van der Waals surface area contributed by atoms with E-state index < -0.39 is 5.78 Å². The Morgan fingerprint density at radius 1 is 1.35 bits per heavy atom. The third-order valence-electron chi connectivity index (χ3n) is 2.39. The van der Waals surface area contributed by atoms with Crippen molar-refractivity contribution >= 4 is 23.2 Å². The lowest BCUT2D eigenvalue weighted by Gasteiger charge is -2.08. The first-order valence-electron chi connectivity index (χ1n) is 5.35. The highest BCUT2D eigenvalue weighted by Crippen LogP contribution is 2.23. The zero-order chi connectivity index (χ0) is 13.0. The molecule has 0 spiro atoms. The topological polar surface area (TPSA) is 43.4 Å². The number of carbonyl (C=O) groups is 2. The number of ketones is 2. The van der Waals surface area contributed by atoms with E-state index in [2.05, 4.69) is 0 Å². The van der Waals surface area contributed by atoms with Crippen molar-refractivity contribution in [2.24, 2.45) is 5.92 Å². The highest BCUT2D eigenvalue weighted by Gasteiger charge is 2.19. The Balaban J connectivity index is 2.91. The Morgan fingerprint density at radius 3 is 2.53 bits per heavy atom. The fourth-order valence-corrected chi connectivity index (χ4v) is 1.66. The molecule has 1 rings (SSSR count). The molecule has 92 valence electrons. The monoisotopic (exact) mass is 254 g/mol. The molecule has 0 atom stereocenters. The van der Waals surface area contributed by atoms with Gasteiger partial charge in [-0.3, -0.25) is 9.59 Å². The Bertz CT molecular complexity index is 438. The number of hydrogen-bond acceptors (Lipinski definition) is 3. The molecule has 1 aromatic carbocycles. The lowest BCUT2D eigenvalue weighted by Crippen LogP contribution is -2.21. The third kappa shape index (κ3) is 3.56. The molecule has 0 N–H and O–H groups in total. The molecule has 0 bridgehead atoms. The molecule has 0 saturated carbocycles. The van der Waals surface area contributed by atoms with Crippen LogP contribution in [0.1, 0.15) is 19.4 Å². The molecule has 0 aliphatic rings. The third-order valence-corrected chi connectivity index (χ3v) is 2.63. The fourth-order valence-electron chi connectivity index (χ4n) is 1.47. The van der Waals surface area contributed by atoms with Crippen molar-refractivity contribution in [3.63, 3.8) is 0 Å². The Labute approximate surface area is 106 Å². The van der Waals surface area contributed by atoms with Crippen molar-refractivity contribution in [3.05, 3.63) is 28.8 Å². The molecule has 0 aliphatic carbocycles. The van der Waals surface area contributed by atoms with Gasteiger partial charge in [-0.05, 0) is 18.2 Å². The van der Waals surface area contributed by atoms with Crippen molar-refractivity contribution in [2.75, 3.05) is 7.11 Å². The second-order valence-corrected chi connectivity index (χ2v) is 4.51. The fraction of sp³-hybridized carbons (Fsp3) is 0.385. The minimum Gasteiger partial charge on any atom is -0.496 e. The summed E-state index contributed by atoms with van der Waals surface area (Å²) in [6.45, 7) is 3.41. The minimum atomic E-state index is -0.416. The smallest absolute Gasteiger partial charge is 0.203 e. The summed E-state index contributed by atoms with van der Waals surface area (Å²) in [6, 6.07) is 5.01. The molecule has 0 amide bonds. The molecule has 0 heterocycles. The maximum Gasteiger partial charge on any atom is 0.203 e. The number of hydrogen-bond donors (Lipinski definition) is 0. The average Bonchev–Trinajstić information content (AvgIpc) is 2.28. The maximum absolute atomic E-state index is 11.7. The van der Waals surface area contributed by atoms with E-state index >= 15 is 0 Å². The van der Waals surface area contributed by atoms with Crippen LogP contribution in [0.15, 0.2) is 18.2 Å². The van der Waals surface area contributed by atoms with E-state index in [-0.39, 0.29) is 18.1 Å². The van der Waals surface area contributed by atoms with E-state index in [1.54, 1.807) is 32.0 Å². The van der Waals surface area contributed by atoms with Gasteiger partial charge >= 0.3 is 0 Å². The molecule has 0 aliphatic heterocycles. The first-order chi connectivity index (χ1) is 7.95. The van der Waals surface area contributed by atoms with Crippen LogP contribution >= 0.6 is 11.6 Å². The van der Waals surface area contributed by atoms with Gasteiger partial charge in [-0.2, -0.15) is 0 Å². The molecular weight excluding hydrogens is 240 g/mol.